The molecular weight excluding hydrogens is 210 g/mol. The van der Waals surface area contributed by atoms with Crippen LogP contribution in [0.3, 0.4) is 0 Å². The SMILES string of the molecule is CCC1CCCCN1c1cc(C#N)ccc1N. The van der Waals surface area contributed by atoms with Crippen LogP contribution in [0.1, 0.15) is 38.2 Å². The summed E-state index contributed by atoms with van der Waals surface area (Å²) in [5.74, 6) is 0. The predicted octanol–water partition coefficient (Wildman–Crippen LogP) is 2.91. The molecule has 1 unspecified atom stereocenters. The van der Waals surface area contributed by atoms with Gasteiger partial charge in [0.05, 0.1) is 23.0 Å². The Morgan fingerprint density at radius 1 is 1.47 bits per heavy atom. The number of anilines is 2. The molecule has 1 atom stereocenters. The number of benzene rings is 1. The van der Waals surface area contributed by atoms with Crippen LogP contribution in [0.2, 0.25) is 0 Å². The summed E-state index contributed by atoms with van der Waals surface area (Å²) in [4.78, 5) is 2.37. The summed E-state index contributed by atoms with van der Waals surface area (Å²) in [6.07, 6.45) is 4.88. The van der Waals surface area contributed by atoms with E-state index in [0.717, 1.165) is 24.3 Å². The van der Waals surface area contributed by atoms with Crippen molar-refractivity contribution in [1.29, 1.82) is 5.26 Å². The fourth-order valence-corrected chi connectivity index (χ4v) is 2.60. The van der Waals surface area contributed by atoms with Crippen molar-refractivity contribution < 1.29 is 0 Å². The molecule has 0 amide bonds. The molecular formula is C14H19N3. The fraction of sp³-hybridized carbons (Fsp3) is 0.500. The van der Waals surface area contributed by atoms with Crippen molar-refractivity contribution in [2.24, 2.45) is 0 Å². The lowest BCUT2D eigenvalue weighted by atomic mass is 9.98. The van der Waals surface area contributed by atoms with Gasteiger partial charge in [-0.2, -0.15) is 5.26 Å². The fourth-order valence-electron chi connectivity index (χ4n) is 2.60. The summed E-state index contributed by atoms with van der Waals surface area (Å²) in [5, 5.41) is 8.97. The maximum absolute atomic E-state index is 8.97. The number of nitriles is 1. The van der Waals surface area contributed by atoms with E-state index in [1.54, 1.807) is 6.07 Å². The Morgan fingerprint density at radius 2 is 2.29 bits per heavy atom. The number of nitrogens with zero attached hydrogens (tertiary/aromatic N) is 2. The number of nitrogens with two attached hydrogens (primary N) is 1. The Hall–Kier alpha value is -1.69. The molecule has 1 saturated heterocycles. The predicted molar refractivity (Wildman–Crippen MR) is 70.8 cm³/mol. The number of hydrogen-bond donors (Lipinski definition) is 1. The molecule has 2 N–H and O–H groups in total. The molecule has 2 rings (SSSR count). The molecule has 1 aromatic rings. The molecule has 1 aliphatic heterocycles. The first-order chi connectivity index (χ1) is 8.26. The minimum atomic E-state index is 0.569. The van der Waals surface area contributed by atoms with Gasteiger partial charge in [-0.3, -0.25) is 0 Å². The number of nitrogen functional groups attached to an aromatic ring is 1. The number of piperidine rings is 1. The average Bonchev–Trinajstić information content (AvgIpc) is 2.39. The smallest absolute Gasteiger partial charge is 0.0992 e. The summed E-state index contributed by atoms with van der Waals surface area (Å²) >= 11 is 0. The second-order valence-corrected chi connectivity index (χ2v) is 4.64. The van der Waals surface area contributed by atoms with Gasteiger partial charge in [0, 0.05) is 12.6 Å². The summed E-state index contributed by atoms with van der Waals surface area (Å²) in [5.41, 5.74) is 8.55. The van der Waals surface area contributed by atoms with Crippen molar-refractivity contribution in [2.75, 3.05) is 17.2 Å². The van der Waals surface area contributed by atoms with Crippen LogP contribution in [-0.2, 0) is 0 Å². The summed E-state index contributed by atoms with van der Waals surface area (Å²) in [6, 6.07) is 8.30. The Bertz CT molecular complexity index is 434. The molecule has 1 aliphatic rings. The topological polar surface area (TPSA) is 53.0 Å². The van der Waals surface area contributed by atoms with Crippen LogP contribution in [0.4, 0.5) is 11.4 Å². The van der Waals surface area contributed by atoms with E-state index >= 15 is 0 Å². The van der Waals surface area contributed by atoms with Gasteiger partial charge in [0.15, 0.2) is 0 Å². The van der Waals surface area contributed by atoms with Crippen LogP contribution in [-0.4, -0.2) is 12.6 Å². The van der Waals surface area contributed by atoms with E-state index in [1.807, 2.05) is 12.1 Å². The largest absolute Gasteiger partial charge is 0.397 e. The lowest BCUT2D eigenvalue weighted by Gasteiger charge is -2.37. The van der Waals surface area contributed by atoms with Crippen molar-refractivity contribution in [2.45, 2.75) is 38.6 Å². The van der Waals surface area contributed by atoms with Gasteiger partial charge in [-0.15, -0.1) is 0 Å². The van der Waals surface area contributed by atoms with E-state index in [-0.39, 0.29) is 0 Å². The molecule has 0 aliphatic carbocycles. The first-order valence-electron chi connectivity index (χ1n) is 6.32. The third-order valence-electron chi connectivity index (χ3n) is 3.57. The van der Waals surface area contributed by atoms with Crippen molar-refractivity contribution in [3.63, 3.8) is 0 Å². The van der Waals surface area contributed by atoms with Crippen molar-refractivity contribution >= 4 is 11.4 Å². The van der Waals surface area contributed by atoms with Gasteiger partial charge in [0.2, 0.25) is 0 Å². The van der Waals surface area contributed by atoms with Crippen LogP contribution in [0.15, 0.2) is 18.2 Å². The van der Waals surface area contributed by atoms with E-state index < -0.39 is 0 Å². The highest BCUT2D eigenvalue weighted by atomic mass is 15.2. The van der Waals surface area contributed by atoms with Gasteiger partial charge < -0.3 is 10.6 Å². The Morgan fingerprint density at radius 3 is 3.00 bits per heavy atom. The standard InChI is InChI=1S/C14H19N3/c1-2-12-5-3-4-8-17(12)14-9-11(10-15)6-7-13(14)16/h6-7,9,12H,2-5,8,16H2,1H3. The monoisotopic (exact) mass is 229 g/mol. The zero-order valence-corrected chi connectivity index (χ0v) is 10.3. The second kappa shape index (κ2) is 5.09. The maximum atomic E-state index is 8.97. The van der Waals surface area contributed by atoms with E-state index in [0.29, 0.717) is 11.6 Å². The van der Waals surface area contributed by atoms with Crippen molar-refractivity contribution in [1.82, 2.24) is 0 Å². The zero-order valence-electron chi connectivity index (χ0n) is 10.3. The van der Waals surface area contributed by atoms with E-state index in [9.17, 15) is 0 Å². The molecule has 1 aromatic carbocycles. The van der Waals surface area contributed by atoms with Crippen LogP contribution < -0.4 is 10.6 Å². The number of rotatable bonds is 2. The molecule has 1 heterocycles. The highest BCUT2D eigenvalue weighted by molar-refractivity contribution is 5.70. The highest BCUT2D eigenvalue weighted by Gasteiger charge is 2.22. The molecule has 0 bridgehead atoms. The molecule has 0 aromatic heterocycles. The van der Waals surface area contributed by atoms with Gasteiger partial charge in [-0.05, 0) is 43.9 Å². The first kappa shape index (κ1) is 11.8. The van der Waals surface area contributed by atoms with Gasteiger partial charge in [-0.25, -0.2) is 0 Å². The van der Waals surface area contributed by atoms with Crippen LogP contribution >= 0.6 is 0 Å². The minimum Gasteiger partial charge on any atom is -0.397 e. The zero-order chi connectivity index (χ0) is 12.3. The molecule has 1 fully saturated rings. The van der Waals surface area contributed by atoms with Crippen LogP contribution in [0.25, 0.3) is 0 Å². The minimum absolute atomic E-state index is 0.569. The van der Waals surface area contributed by atoms with Gasteiger partial charge in [-0.1, -0.05) is 6.92 Å². The molecule has 3 heteroatoms. The number of hydrogen-bond acceptors (Lipinski definition) is 3. The summed E-state index contributed by atoms with van der Waals surface area (Å²) in [7, 11) is 0. The van der Waals surface area contributed by atoms with E-state index in [1.165, 1.54) is 19.3 Å². The summed E-state index contributed by atoms with van der Waals surface area (Å²) < 4.78 is 0. The van der Waals surface area contributed by atoms with E-state index in [2.05, 4.69) is 17.9 Å². The molecule has 17 heavy (non-hydrogen) atoms. The second-order valence-electron chi connectivity index (χ2n) is 4.64. The highest BCUT2D eigenvalue weighted by Crippen LogP contribution is 2.31. The van der Waals surface area contributed by atoms with Gasteiger partial charge in [0.1, 0.15) is 0 Å². The third-order valence-corrected chi connectivity index (χ3v) is 3.57. The molecule has 0 spiro atoms. The van der Waals surface area contributed by atoms with Crippen molar-refractivity contribution in [3.8, 4) is 6.07 Å². The molecule has 0 radical (unpaired) electrons. The van der Waals surface area contributed by atoms with Crippen LogP contribution in [0.5, 0.6) is 0 Å². The molecule has 0 saturated carbocycles. The lowest BCUT2D eigenvalue weighted by Crippen LogP contribution is -2.39. The first-order valence-corrected chi connectivity index (χ1v) is 6.32. The third kappa shape index (κ3) is 2.36. The van der Waals surface area contributed by atoms with Crippen LogP contribution in [0, 0.1) is 11.3 Å². The average molecular weight is 229 g/mol. The molecule has 3 nitrogen and oxygen atoms in total. The lowest BCUT2D eigenvalue weighted by molar-refractivity contribution is 0.450. The Kier molecular flexibility index (Phi) is 3.53. The van der Waals surface area contributed by atoms with Crippen molar-refractivity contribution in [3.05, 3.63) is 23.8 Å². The van der Waals surface area contributed by atoms with Gasteiger partial charge in [0.25, 0.3) is 0 Å². The Labute approximate surface area is 103 Å². The normalized spacial score (nSPS) is 20.0. The maximum Gasteiger partial charge on any atom is 0.0992 e. The van der Waals surface area contributed by atoms with E-state index in [4.69, 9.17) is 11.0 Å². The molecule has 90 valence electrons. The Balaban J connectivity index is 2.34. The quantitative estimate of drug-likeness (QED) is 0.793. The summed E-state index contributed by atoms with van der Waals surface area (Å²) in [6.45, 7) is 3.27. The van der Waals surface area contributed by atoms with Gasteiger partial charge >= 0.3 is 0 Å².